The van der Waals surface area contributed by atoms with Crippen molar-refractivity contribution in [3.63, 3.8) is 0 Å². The summed E-state index contributed by atoms with van der Waals surface area (Å²) in [5, 5.41) is 0. The van der Waals surface area contributed by atoms with Crippen molar-refractivity contribution in [3.8, 4) is 5.75 Å². The van der Waals surface area contributed by atoms with E-state index in [1.54, 1.807) is 0 Å². The number of hydrogen-bond donors (Lipinski definition) is 1. The van der Waals surface area contributed by atoms with Crippen LogP contribution < -0.4 is 10.5 Å². The summed E-state index contributed by atoms with van der Waals surface area (Å²) < 4.78 is 5.95. The molecule has 2 aromatic rings. The fourth-order valence-corrected chi connectivity index (χ4v) is 2.86. The molecule has 0 aliphatic heterocycles. The fourth-order valence-electron chi connectivity index (χ4n) is 2.86. The Balaban J connectivity index is 1.72. The van der Waals surface area contributed by atoms with Gasteiger partial charge >= 0.3 is 0 Å². The highest BCUT2D eigenvalue weighted by Crippen LogP contribution is 2.26. The van der Waals surface area contributed by atoms with Gasteiger partial charge in [0.2, 0.25) is 0 Å². The van der Waals surface area contributed by atoms with Crippen molar-refractivity contribution in [3.05, 3.63) is 64.7 Å². The molecule has 0 amide bonds. The quantitative estimate of drug-likeness (QED) is 0.918. The monoisotopic (exact) mass is 267 g/mol. The molecule has 2 heteroatoms. The lowest BCUT2D eigenvalue weighted by Crippen LogP contribution is -2.06. The molecule has 0 saturated carbocycles. The zero-order valence-corrected chi connectivity index (χ0v) is 11.8. The molecule has 0 heterocycles. The first-order valence-corrected chi connectivity index (χ1v) is 7.38. The number of benzene rings is 2. The molecule has 2 aromatic carbocycles. The maximum absolute atomic E-state index is 5.95. The number of hydrogen-bond acceptors (Lipinski definition) is 2. The predicted molar refractivity (Wildman–Crippen MR) is 81.7 cm³/mol. The minimum absolute atomic E-state index is 0.559. The lowest BCUT2D eigenvalue weighted by atomic mass is 9.92. The van der Waals surface area contributed by atoms with E-state index in [1.165, 1.54) is 42.4 Å². The Morgan fingerprint density at radius 2 is 1.65 bits per heavy atom. The molecule has 104 valence electrons. The van der Waals surface area contributed by atoms with Crippen LogP contribution in [0.1, 0.15) is 35.1 Å². The third-order valence-corrected chi connectivity index (χ3v) is 4.05. The lowest BCUT2D eigenvalue weighted by Gasteiger charge is -2.17. The van der Waals surface area contributed by atoms with E-state index in [9.17, 15) is 0 Å². The van der Waals surface area contributed by atoms with E-state index < -0.39 is 0 Å². The highest BCUT2D eigenvalue weighted by atomic mass is 16.5. The smallest absolute Gasteiger partial charge is 0.120 e. The molecule has 1 aliphatic rings. The van der Waals surface area contributed by atoms with Gasteiger partial charge in [0, 0.05) is 6.54 Å². The minimum atomic E-state index is 0.559. The largest absolute Gasteiger partial charge is 0.489 e. The third kappa shape index (κ3) is 2.86. The molecule has 0 aromatic heterocycles. The molecular formula is C18H21NO. The van der Waals surface area contributed by atoms with Crippen LogP contribution >= 0.6 is 0 Å². The predicted octanol–water partition coefficient (Wildman–Crippen LogP) is 3.60. The SMILES string of the molecule is NCc1ccccc1COc1ccc2c(c1)CCCC2. The summed E-state index contributed by atoms with van der Waals surface area (Å²) in [5.41, 5.74) is 11.0. The first-order chi connectivity index (χ1) is 9.86. The molecule has 20 heavy (non-hydrogen) atoms. The molecule has 0 bridgehead atoms. The summed E-state index contributed by atoms with van der Waals surface area (Å²) in [6.45, 7) is 1.15. The van der Waals surface area contributed by atoms with E-state index in [4.69, 9.17) is 10.5 Å². The van der Waals surface area contributed by atoms with Crippen LogP contribution in [0.25, 0.3) is 0 Å². The van der Waals surface area contributed by atoms with E-state index in [-0.39, 0.29) is 0 Å². The summed E-state index contributed by atoms with van der Waals surface area (Å²) in [5.74, 6) is 0.970. The molecule has 1 aliphatic carbocycles. The topological polar surface area (TPSA) is 35.2 Å². The van der Waals surface area contributed by atoms with Crippen LogP contribution in [0.5, 0.6) is 5.75 Å². The number of ether oxygens (including phenoxy) is 1. The van der Waals surface area contributed by atoms with Gasteiger partial charge in [-0.2, -0.15) is 0 Å². The molecule has 2 nitrogen and oxygen atoms in total. The van der Waals surface area contributed by atoms with Crippen molar-refractivity contribution in [1.29, 1.82) is 0 Å². The van der Waals surface area contributed by atoms with Gasteiger partial charge in [-0.25, -0.2) is 0 Å². The average molecular weight is 267 g/mol. The molecule has 0 radical (unpaired) electrons. The highest BCUT2D eigenvalue weighted by Gasteiger charge is 2.10. The van der Waals surface area contributed by atoms with Crippen LogP contribution in [0.2, 0.25) is 0 Å². The molecule has 0 atom stereocenters. The maximum atomic E-state index is 5.95. The van der Waals surface area contributed by atoms with E-state index in [1.807, 2.05) is 12.1 Å². The number of aryl methyl sites for hydroxylation is 2. The number of rotatable bonds is 4. The molecule has 3 rings (SSSR count). The highest BCUT2D eigenvalue weighted by molar-refractivity contribution is 5.37. The first kappa shape index (κ1) is 13.2. The Kier molecular flexibility index (Phi) is 4.03. The normalized spacial score (nSPS) is 13.8. The van der Waals surface area contributed by atoms with Crippen molar-refractivity contribution in [2.45, 2.75) is 38.8 Å². The van der Waals surface area contributed by atoms with Crippen LogP contribution in [0.15, 0.2) is 42.5 Å². The molecule has 0 spiro atoms. The van der Waals surface area contributed by atoms with Crippen molar-refractivity contribution in [2.75, 3.05) is 0 Å². The number of nitrogens with two attached hydrogens (primary N) is 1. The van der Waals surface area contributed by atoms with Crippen molar-refractivity contribution < 1.29 is 4.74 Å². The Morgan fingerprint density at radius 3 is 2.45 bits per heavy atom. The average Bonchev–Trinajstić information content (AvgIpc) is 2.53. The van der Waals surface area contributed by atoms with Crippen LogP contribution in [0.4, 0.5) is 0 Å². The van der Waals surface area contributed by atoms with E-state index in [2.05, 4.69) is 30.3 Å². The Bertz CT molecular complexity index is 592. The van der Waals surface area contributed by atoms with Crippen LogP contribution in [-0.4, -0.2) is 0 Å². The molecule has 0 fully saturated rings. The van der Waals surface area contributed by atoms with Gasteiger partial charge in [-0.15, -0.1) is 0 Å². The zero-order valence-electron chi connectivity index (χ0n) is 11.8. The zero-order chi connectivity index (χ0) is 13.8. The van der Waals surface area contributed by atoms with Crippen molar-refractivity contribution in [1.82, 2.24) is 0 Å². The molecular weight excluding hydrogens is 246 g/mol. The molecule has 0 unspecified atom stereocenters. The third-order valence-electron chi connectivity index (χ3n) is 4.05. The van der Waals surface area contributed by atoms with Gasteiger partial charge in [0.15, 0.2) is 0 Å². The second-order valence-corrected chi connectivity index (χ2v) is 5.40. The maximum Gasteiger partial charge on any atom is 0.120 e. The Hall–Kier alpha value is -1.80. The van der Waals surface area contributed by atoms with Gasteiger partial charge in [0.25, 0.3) is 0 Å². The fraction of sp³-hybridized carbons (Fsp3) is 0.333. The van der Waals surface area contributed by atoms with Gasteiger partial charge in [0.05, 0.1) is 0 Å². The van der Waals surface area contributed by atoms with Gasteiger partial charge in [-0.3, -0.25) is 0 Å². The second-order valence-electron chi connectivity index (χ2n) is 5.40. The first-order valence-electron chi connectivity index (χ1n) is 7.38. The molecule has 2 N–H and O–H groups in total. The van der Waals surface area contributed by atoms with E-state index in [0.29, 0.717) is 13.2 Å². The second kappa shape index (κ2) is 6.10. The van der Waals surface area contributed by atoms with E-state index in [0.717, 1.165) is 11.3 Å². The van der Waals surface area contributed by atoms with Crippen LogP contribution in [0.3, 0.4) is 0 Å². The lowest BCUT2D eigenvalue weighted by molar-refractivity contribution is 0.304. The summed E-state index contributed by atoms with van der Waals surface area (Å²) in [6, 6.07) is 14.7. The van der Waals surface area contributed by atoms with E-state index >= 15 is 0 Å². The van der Waals surface area contributed by atoms with Crippen molar-refractivity contribution >= 4 is 0 Å². The van der Waals surface area contributed by atoms with Gasteiger partial charge in [-0.05, 0) is 60.1 Å². The van der Waals surface area contributed by atoms with Gasteiger partial charge < -0.3 is 10.5 Å². The number of fused-ring (bicyclic) bond motifs is 1. The minimum Gasteiger partial charge on any atom is -0.489 e. The van der Waals surface area contributed by atoms with Crippen LogP contribution in [-0.2, 0) is 26.0 Å². The summed E-state index contributed by atoms with van der Waals surface area (Å²) in [7, 11) is 0. The van der Waals surface area contributed by atoms with Gasteiger partial charge in [0.1, 0.15) is 12.4 Å². The summed E-state index contributed by atoms with van der Waals surface area (Å²) in [4.78, 5) is 0. The van der Waals surface area contributed by atoms with Gasteiger partial charge in [-0.1, -0.05) is 30.3 Å². The summed E-state index contributed by atoms with van der Waals surface area (Å²) >= 11 is 0. The Labute approximate surface area is 120 Å². The molecule has 0 saturated heterocycles. The van der Waals surface area contributed by atoms with Crippen LogP contribution in [0, 0.1) is 0 Å². The standard InChI is InChI=1S/C18H21NO/c19-12-16-7-3-4-8-17(16)13-20-18-10-9-14-5-1-2-6-15(14)11-18/h3-4,7-11H,1-2,5-6,12-13,19H2. The summed E-state index contributed by atoms with van der Waals surface area (Å²) in [6.07, 6.45) is 5.01. The van der Waals surface area contributed by atoms with Crippen molar-refractivity contribution in [2.24, 2.45) is 5.73 Å². The Morgan fingerprint density at radius 1 is 0.900 bits per heavy atom.